The SMILES string of the molecule is CCCCP(CCCC)Cc1cccc(-c2cccc(CP(CCCC)CCCC)c2CP(CCCC)CCCC)c1CP(CCCC)CCCC. The van der Waals surface area contributed by atoms with E-state index in [4.69, 9.17) is 0 Å². The van der Waals surface area contributed by atoms with Gasteiger partial charge in [0.05, 0.1) is 0 Å². The lowest BCUT2D eigenvalue weighted by Gasteiger charge is -2.28. The molecule has 52 heavy (non-hydrogen) atoms. The molecule has 2 aromatic rings. The molecule has 0 spiro atoms. The van der Waals surface area contributed by atoms with Crippen LogP contribution in [-0.2, 0) is 24.6 Å². The highest BCUT2D eigenvalue weighted by Gasteiger charge is 2.23. The molecule has 0 fully saturated rings. The molecule has 0 aliphatic heterocycles. The third-order valence-corrected chi connectivity index (χ3v) is 21.7. The summed E-state index contributed by atoms with van der Waals surface area (Å²) in [6, 6.07) is 15.4. The summed E-state index contributed by atoms with van der Waals surface area (Å²) >= 11 is 0. The maximum absolute atomic E-state index is 2.60. The van der Waals surface area contributed by atoms with Crippen LogP contribution in [0.1, 0.15) is 180 Å². The fourth-order valence-electron chi connectivity index (χ4n) is 7.51. The summed E-state index contributed by atoms with van der Waals surface area (Å²) in [6.45, 7) is 19.2. The summed E-state index contributed by atoms with van der Waals surface area (Å²) < 4.78 is 0. The molecule has 0 aliphatic carbocycles. The summed E-state index contributed by atoms with van der Waals surface area (Å²) in [5.74, 6) is 0. The van der Waals surface area contributed by atoms with Gasteiger partial charge in [-0.25, -0.2) is 0 Å². The van der Waals surface area contributed by atoms with E-state index in [1.807, 2.05) is 0 Å². The second-order valence-electron chi connectivity index (χ2n) is 15.8. The van der Waals surface area contributed by atoms with Gasteiger partial charge in [-0.2, -0.15) is 0 Å². The molecule has 0 atom stereocenters. The predicted molar refractivity (Wildman–Crippen MR) is 253 cm³/mol. The van der Waals surface area contributed by atoms with Crippen molar-refractivity contribution in [3.05, 3.63) is 58.7 Å². The molecule has 2 aromatic carbocycles. The van der Waals surface area contributed by atoms with Crippen LogP contribution in [0.5, 0.6) is 0 Å². The minimum Gasteiger partial charge on any atom is -0.102 e. The minimum atomic E-state index is 0.0181. The predicted octanol–water partition coefficient (Wildman–Crippen LogP) is 17.7. The fraction of sp³-hybridized carbons (Fsp3) is 0.750. The summed E-state index contributed by atoms with van der Waals surface area (Å²) in [6.07, 6.45) is 39.1. The van der Waals surface area contributed by atoms with Gasteiger partial charge in [-0.3, -0.25) is 0 Å². The third-order valence-electron chi connectivity index (χ3n) is 11.0. The van der Waals surface area contributed by atoms with Gasteiger partial charge in [0.15, 0.2) is 0 Å². The Balaban J connectivity index is 2.83. The molecule has 4 heteroatoms. The van der Waals surface area contributed by atoms with Gasteiger partial charge in [0, 0.05) is 0 Å². The first kappa shape index (κ1) is 48.3. The number of hydrogen-bond acceptors (Lipinski definition) is 0. The topological polar surface area (TPSA) is 0 Å². The van der Waals surface area contributed by atoms with Crippen molar-refractivity contribution in [3.63, 3.8) is 0 Å². The Morgan fingerprint density at radius 2 is 0.538 bits per heavy atom. The molecule has 0 bridgehead atoms. The van der Waals surface area contributed by atoms with Gasteiger partial charge >= 0.3 is 0 Å². The van der Waals surface area contributed by atoms with E-state index in [0.29, 0.717) is 0 Å². The molecule has 0 aliphatic rings. The van der Waals surface area contributed by atoms with E-state index in [0.717, 1.165) is 0 Å². The lowest BCUT2D eigenvalue weighted by atomic mass is 9.92. The zero-order valence-electron chi connectivity index (χ0n) is 36.1. The molecule has 0 N–H and O–H groups in total. The maximum atomic E-state index is 2.60. The highest BCUT2D eigenvalue weighted by Crippen LogP contribution is 2.52. The smallest absolute Gasteiger partial charge is 0.00641 e. The Hall–Kier alpha value is 0.160. The van der Waals surface area contributed by atoms with Crippen LogP contribution in [0.25, 0.3) is 11.1 Å². The van der Waals surface area contributed by atoms with E-state index in [-0.39, 0.29) is 31.7 Å². The second kappa shape index (κ2) is 31.3. The number of benzene rings is 2. The van der Waals surface area contributed by atoms with Crippen LogP contribution in [0.4, 0.5) is 0 Å². The first-order valence-corrected chi connectivity index (χ1v) is 30.2. The van der Waals surface area contributed by atoms with Gasteiger partial charge in [0.2, 0.25) is 0 Å². The molecular weight excluding hydrogens is 700 g/mol. The Kier molecular flexibility index (Phi) is 29.0. The second-order valence-corrected chi connectivity index (χ2v) is 26.0. The summed E-state index contributed by atoms with van der Waals surface area (Å²) in [5, 5.41) is 0. The molecule has 2 rings (SSSR count). The minimum absolute atomic E-state index is 0.0181. The molecule has 0 saturated heterocycles. The van der Waals surface area contributed by atoms with E-state index in [2.05, 4.69) is 91.8 Å². The average Bonchev–Trinajstić information content (AvgIpc) is 3.16. The maximum Gasteiger partial charge on any atom is -0.00641 e. The van der Waals surface area contributed by atoms with Crippen molar-refractivity contribution in [2.24, 2.45) is 0 Å². The van der Waals surface area contributed by atoms with Gasteiger partial charge in [0.1, 0.15) is 0 Å². The van der Waals surface area contributed by atoms with Crippen LogP contribution < -0.4 is 0 Å². The van der Waals surface area contributed by atoms with Crippen molar-refractivity contribution >= 4 is 31.7 Å². The average molecular weight is 787 g/mol. The largest absolute Gasteiger partial charge is 0.102 e. The third kappa shape index (κ3) is 18.9. The highest BCUT2D eigenvalue weighted by atomic mass is 31.1. The Labute approximate surface area is 332 Å². The molecule has 0 amide bonds. The molecule has 0 aromatic heterocycles. The van der Waals surface area contributed by atoms with Crippen molar-refractivity contribution < 1.29 is 0 Å². The monoisotopic (exact) mass is 787 g/mol. The molecule has 0 saturated carbocycles. The molecule has 0 unspecified atom stereocenters. The van der Waals surface area contributed by atoms with Crippen LogP contribution in [0.2, 0.25) is 0 Å². The zero-order valence-corrected chi connectivity index (χ0v) is 39.6. The Morgan fingerprint density at radius 1 is 0.308 bits per heavy atom. The number of unbranched alkanes of at least 4 members (excludes halogenated alkanes) is 8. The van der Waals surface area contributed by atoms with E-state index in [1.54, 1.807) is 33.4 Å². The van der Waals surface area contributed by atoms with Crippen LogP contribution in [0.3, 0.4) is 0 Å². The lowest BCUT2D eigenvalue weighted by Crippen LogP contribution is -2.06. The quantitative estimate of drug-likeness (QED) is 0.0632. The standard InChI is InChI=1S/C48H86P4/c1-9-17-31-49(32-18-10-2)39-43-27-25-29-45(47(43)41-51(35-21-13-5)36-22-14-6)46-30-26-28-44(40-50(33-19-11-3)34-20-12-4)48(46)42-52(37-23-15-7)38-24-16-8/h25-30H,9-24,31-42H2,1-8H3. The van der Waals surface area contributed by atoms with Crippen LogP contribution in [-0.4, -0.2) is 49.3 Å². The van der Waals surface area contributed by atoms with Gasteiger partial charge < -0.3 is 0 Å². The van der Waals surface area contributed by atoms with E-state index in [1.165, 1.54) is 177 Å². The molecule has 0 heterocycles. The van der Waals surface area contributed by atoms with Crippen molar-refractivity contribution in [2.75, 3.05) is 49.3 Å². The van der Waals surface area contributed by atoms with Gasteiger partial charge in [-0.05, 0) is 159 Å². The van der Waals surface area contributed by atoms with Crippen LogP contribution >= 0.6 is 31.7 Å². The summed E-state index contributed by atoms with van der Waals surface area (Å²) in [7, 11) is 0.145. The van der Waals surface area contributed by atoms with Gasteiger partial charge in [-0.15, -0.1) is 31.7 Å². The summed E-state index contributed by atoms with van der Waals surface area (Å²) in [5.41, 5.74) is 10.4. The van der Waals surface area contributed by atoms with Crippen LogP contribution in [0, 0.1) is 0 Å². The van der Waals surface area contributed by atoms with Crippen LogP contribution in [0.15, 0.2) is 36.4 Å². The zero-order chi connectivity index (χ0) is 37.8. The number of hydrogen-bond donors (Lipinski definition) is 0. The first-order valence-electron chi connectivity index (χ1n) is 22.6. The lowest BCUT2D eigenvalue weighted by molar-refractivity contribution is 0.863. The van der Waals surface area contributed by atoms with Gasteiger partial charge in [-0.1, -0.05) is 143 Å². The molecule has 0 nitrogen and oxygen atoms in total. The fourth-order valence-corrected chi connectivity index (χ4v) is 19.0. The summed E-state index contributed by atoms with van der Waals surface area (Å²) in [4.78, 5) is 0. The van der Waals surface area contributed by atoms with Gasteiger partial charge in [0.25, 0.3) is 0 Å². The molecular formula is C48H86P4. The van der Waals surface area contributed by atoms with E-state index < -0.39 is 0 Å². The van der Waals surface area contributed by atoms with Crippen molar-refractivity contribution in [1.82, 2.24) is 0 Å². The Morgan fingerprint density at radius 3 is 0.769 bits per heavy atom. The van der Waals surface area contributed by atoms with E-state index in [9.17, 15) is 0 Å². The number of rotatable bonds is 33. The van der Waals surface area contributed by atoms with E-state index >= 15 is 0 Å². The normalized spacial score (nSPS) is 12.0. The van der Waals surface area contributed by atoms with Crippen molar-refractivity contribution in [1.29, 1.82) is 0 Å². The molecule has 0 radical (unpaired) electrons. The highest BCUT2D eigenvalue weighted by molar-refractivity contribution is 7.57. The van der Waals surface area contributed by atoms with Crippen molar-refractivity contribution in [3.8, 4) is 11.1 Å². The van der Waals surface area contributed by atoms with Crippen molar-refractivity contribution in [2.45, 2.75) is 183 Å². The Bertz CT molecular complexity index is 1020. The first-order chi connectivity index (χ1) is 25.5. The molecule has 298 valence electrons.